The quantitative estimate of drug-likeness (QED) is 0.390. The molecule has 0 fully saturated rings. The Balaban J connectivity index is 2.18. The zero-order valence-corrected chi connectivity index (χ0v) is 20.7. The Labute approximate surface area is 201 Å². The zero-order chi connectivity index (χ0) is 24.7. The number of nitrogens with zero attached hydrogens (tertiary/aromatic N) is 2. The minimum absolute atomic E-state index is 0.149. The molecule has 2 unspecified atom stereocenters. The van der Waals surface area contributed by atoms with Crippen LogP contribution in [0.25, 0.3) is 10.8 Å². The van der Waals surface area contributed by atoms with Gasteiger partial charge in [-0.1, -0.05) is 42.5 Å². The summed E-state index contributed by atoms with van der Waals surface area (Å²) < 4.78 is 16.8. The van der Waals surface area contributed by atoms with Gasteiger partial charge in [0.05, 0.1) is 37.7 Å². The monoisotopic (exact) mass is 466 g/mol. The molecule has 2 aromatic rings. The lowest BCUT2D eigenvalue weighted by Gasteiger charge is -2.33. The first kappa shape index (κ1) is 25.6. The third-order valence-corrected chi connectivity index (χ3v) is 5.83. The Kier molecular flexibility index (Phi) is 8.96. The second kappa shape index (κ2) is 11.9. The van der Waals surface area contributed by atoms with Crippen LogP contribution in [0.15, 0.2) is 58.7 Å². The SMILES string of the molecule is CCOC(=O)C1=C(COCCN(C)C)N=C(C)C(C(=O)OCC)C1c1cccc2ccccc12. The predicted octanol–water partition coefficient (Wildman–Crippen LogP) is 3.97. The average molecular weight is 467 g/mol. The first-order valence-corrected chi connectivity index (χ1v) is 11.7. The van der Waals surface area contributed by atoms with Crippen LogP contribution in [0.1, 0.15) is 32.3 Å². The first-order chi connectivity index (χ1) is 16.4. The number of rotatable bonds is 10. The molecule has 182 valence electrons. The highest BCUT2D eigenvalue weighted by Gasteiger charge is 2.43. The van der Waals surface area contributed by atoms with E-state index in [0.29, 0.717) is 23.6 Å². The number of hydrogen-bond donors (Lipinski definition) is 0. The van der Waals surface area contributed by atoms with Gasteiger partial charge in [-0.3, -0.25) is 9.79 Å². The molecule has 0 radical (unpaired) electrons. The van der Waals surface area contributed by atoms with E-state index in [9.17, 15) is 9.59 Å². The summed E-state index contributed by atoms with van der Waals surface area (Å²) >= 11 is 0. The molecule has 0 N–H and O–H groups in total. The molecule has 3 rings (SSSR count). The number of hydrogen-bond acceptors (Lipinski definition) is 7. The highest BCUT2D eigenvalue weighted by atomic mass is 16.5. The van der Waals surface area contributed by atoms with E-state index in [4.69, 9.17) is 14.2 Å². The molecule has 1 heterocycles. The van der Waals surface area contributed by atoms with Gasteiger partial charge in [0.15, 0.2) is 0 Å². The van der Waals surface area contributed by atoms with E-state index in [2.05, 4.69) is 4.99 Å². The van der Waals surface area contributed by atoms with Crippen molar-refractivity contribution in [3.63, 3.8) is 0 Å². The minimum atomic E-state index is -0.740. The van der Waals surface area contributed by atoms with Gasteiger partial charge in [0.25, 0.3) is 0 Å². The van der Waals surface area contributed by atoms with Crippen LogP contribution in [-0.2, 0) is 23.8 Å². The van der Waals surface area contributed by atoms with Crippen LogP contribution in [0.3, 0.4) is 0 Å². The van der Waals surface area contributed by atoms with Crippen molar-refractivity contribution in [1.82, 2.24) is 4.90 Å². The van der Waals surface area contributed by atoms with E-state index in [-0.39, 0.29) is 19.8 Å². The molecule has 2 aromatic carbocycles. The summed E-state index contributed by atoms with van der Waals surface area (Å²) in [6.45, 7) is 7.17. The highest BCUT2D eigenvalue weighted by molar-refractivity contribution is 6.08. The Morgan fingerprint density at radius 2 is 1.71 bits per heavy atom. The van der Waals surface area contributed by atoms with Gasteiger partial charge in [-0.15, -0.1) is 0 Å². The van der Waals surface area contributed by atoms with Crippen molar-refractivity contribution in [2.75, 3.05) is 47.1 Å². The molecular formula is C27H34N2O5. The summed E-state index contributed by atoms with van der Waals surface area (Å²) in [4.78, 5) is 33.2. The van der Waals surface area contributed by atoms with Crippen molar-refractivity contribution in [1.29, 1.82) is 0 Å². The van der Waals surface area contributed by atoms with Gasteiger partial charge in [0, 0.05) is 18.2 Å². The number of benzene rings is 2. The molecule has 2 atom stereocenters. The van der Waals surface area contributed by atoms with Crippen LogP contribution in [-0.4, -0.2) is 69.6 Å². The smallest absolute Gasteiger partial charge is 0.336 e. The Morgan fingerprint density at radius 3 is 2.41 bits per heavy atom. The van der Waals surface area contributed by atoms with Crippen molar-refractivity contribution >= 4 is 28.4 Å². The molecule has 1 aliphatic heterocycles. The van der Waals surface area contributed by atoms with E-state index in [0.717, 1.165) is 22.9 Å². The van der Waals surface area contributed by atoms with Crippen LogP contribution in [0.5, 0.6) is 0 Å². The third kappa shape index (κ3) is 5.72. The van der Waals surface area contributed by atoms with Crippen LogP contribution in [0.2, 0.25) is 0 Å². The van der Waals surface area contributed by atoms with Crippen molar-refractivity contribution in [2.45, 2.75) is 26.7 Å². The summed E-state index contributed by atoms with van der Waals surface area (Å²) in [5.74, 6) is -2.24. The summed E-state index contributed by atoms with van der Waals surface area (Å²) in [7, 11) is 3.94. The molecule has 0 saturated carbocycles. The molecule has 0 amide bonds. The maximum Gasteiger partial charge on any atom is 0.336 e. The fourth-order valence-corrected chi connectivity index (χ4v) is 4.31. The maximum absolute atomic E-state index is 13.3. The molecule has 7 heteroatoms. The number of carbonyl (C=O) groups is 2. The average Bonchev–Trinajstić information content (AvgIpc) is 2.81. The van der Waals surface area contributed by atoms with Crippen molar-refractivity contribution in [3.8, 4) is 0 Å². The van der Waals surface area contributed by atoms with Gasteiger partial charge in [0.1, 0.15) is 5.92 Å². The third-order valence-electron chi connectivity index (χ3n) is 5.83. The van der Waals surface area contributed by atoms with Gasteiger partial charge in [0.2, 0.25) is 0 Å². The first-order valence-electron chi connectivity index (χ1n) is 11.7. The number of esters is 2. The fraction of sp³-hybridized carbons (Fsp3) is 0.444. The van der Waals surface area contributed by atoms with Crippen LogP contribution in [0, 0.1) is 5.92 Å². The summed E-state index contributed by atoms with van der Waals surface area (Å²) in [6.07, 6.45) is 0. The van der Waals surface area contributed by atoms with Crippen molar-refractivity contribution in [3.05, 3.63) is 59.3 Å². The number of likely N-dealkylation sites (N-methyl/N-ethyl adjacent to an activating group) is 1. The minimum Gasteiger partial charge on any atom is -0.465 e. The number of ether oxygens (including phenoxy) is 3. The number of aliphatic imine (C=N–C) groups is 1. The summed E-state index contributed by atoms with van der Waals surface area (Å²) in [6, 6.07) is 13.9. The van der Waals surface area contributed by atoms with E-state index in [1.54, 1.807) is 13.8 Å². The lowest BCUT2D eigenvalue weighted by Crippen LogP contribution is -2.37. The van der Waals surface area contributed by atoms with Gasteiger partial charge < -0.3 is 19.1 Å². The van der Waals surface area contributed by atoms with E-state index >= 15 is 0 Å². The molecular weight excluding hydrogens is 432 g/mol. The van der Waals surface area contributed by atoms with E-state index in [1.807, 2.05) is 68.4 Å². The largest absolute Gasteiger partial charge is 0.465 e. The number of fused-ring (bicyclic) bond motifs is 1. The molecule has 0 bridgehead atoms. The van der Waals surface area contributed by atoms with Gasteiger partial charge in [-0.2, -0.15) is 0 Å². The normalized spacial score (nSPS) is 18.2. The molecule has 34 heavy (non-hydrogen) atoms. The van der Waals surface area contributed by atoms with E-state index < -0.39 is 23.8 Å². The van der Waals surface area contributed by atoms with Crippen LogP contribution < -0.4 is 0 Å². The molecule has 7 nitrogen and oxygen atoms in total. The lowest BCUT2D eigenvalue weighted by molar-refractivity contribution is -0.146. The fourth-order valence-electron chi connectivity index (χ4n) is 4.31. The standard InChI is InChI=1S/C27H34N2O5/c1-6-33-26(30)23-18(3)28-22(17-32-16-15-29(4)5)25(27(31)34-7-2)24(23)21-14-10-12-19-11-8-9-13-20(19)21/h8-14,23-24H,6-7,15-17H2,1-5H3. The molecule has 0 spiro atoms. The number of carbonyl (C=O) groups excluding carboxylic acids is 2. The second-order valence-electron chi connectivity index (χ2n) is 8.47. The molecule has 0 saturated heterocycles. The Morgan fingerprint density at radius 1 is 1.00 bits per heavy atom. The maximum atomic E-state index is 13.3. The Bertz CT molecular complexity index is 1080. The lowest BCUT2D eigenvalue weighted by atomic mass is 9.74. The second-order valence-corrected chi connectivity index (χ2v) is 8.47. The van der Waals surface area contributed by atoms with Crippen LogP contribution in [0.4, 0.5) is 0 Å². The van der Waals surface area contributed by atoms with Crippen molar-refractivity contribution < 1.29 is 23.8 Å². The summed E-state index contributed by atoms with van der Waals surface area (Å²) in [5.41, 5.74) is 2.30. The topological polar surface area (TPSA) is 77.4 Å². The predicted molar refractivity (Wildman–Crippen MR) is 133 cm³/mol. The molecule has 0 aromatic heterocycles. The highest BCUT2D eigenvalue weighted by Crippen LogP contribution is 2.42. The van der Waals surface area contributed by atoms with Gasteiger partial charge in [-0.25, -0.2) is 4.79 Å². The van der Waals surface area contributed by atoms with Gasteiger partial charge >= 0.3 is 11.9 Å². The van der Waals surface area contributed by atoms with Crippen molar-refractivity contribution in [2.24, 2.45) is 10.9 Å². The molecule has 0 aliphatic carbocycles. The van der Waals surface area contributed by atoms with Gasteiger partial charge in [-0.05, 0) is 51.2 Å². The molecule has 1 aliphatic rings. The van der Waals surface area contributed by atoms with Crippen LogP contribution >= 0.6 is 0 Å². The summed E-state index contributed by atoms with van der Waals surface area (Å²) in [5, 5.41) is 1.99. The van der Waals surface area contributed by atoms with E-state index in [1.165, 1.54) is 0 Å². The Hall–Kier alpha value is -3.03. The zero-order valence-electron chi connectivity index (χ0n) is 20.7.